The van der Waals surface area contributed by atoms with Crippen LogP contribution in [0.5, 0.6) is 0 Å². The molecule has 0 unspecified atom stereocenters. The molecule has 0 aromatic carbocycles. The summed E-state index contributed by atoms with van der Waals surface area (Å²) in [6.45, 7) is 10.5. The smallest absolute Gasteiger partial charge is 0.259 e. The van der Waals surface area contributed by atoms with Crippen molar-refractivity contribution in [1.29, 1.82) is 0 Å². The van der Waals surface area contributed by atoms with E-state index >= 15 is 0 Å². The molecule has 0 N–H and O–H groups in total. The van der Waals surface area contributed by atoms with E-state index in [1.54, 1.807) is 6.92 Å². The van der Waals surface area contributed by atoms with Gasteiger partial charge in [-0.2, -0.15) is 4.98 Å². The van der Waals surface area contributed by atoms with E-state index in [2.05, 4.69) is 26.0 Å². The first-order valence-electron chi connectivity index (χ1n) is 10.1. The molecular formula is C20H28N6O2. The van der Waals surface area contributed by atoms with E-state index in [4.69, 9.17) is 9.51 Å². The summed E-state index contributed by atoms with van der Waals surface area (Å²) in [4.78, 5) is 28.7. The second-order valence-corrected chi connectivity index (χ2v) is 7.69. The summed E-state index contributed by atoms with van der Waals surface area (Å²) in [6.07, 6.45) is 3.75. The van der Waals surface area contributed by atoms with E-state index in [0.29, 0.717) is 30.1 Å². The summed E-state index contributed by atoms with van der Waals surface area (Å²) < 4.78 is 5.15. The highest BCUT2D eigenvalue weighted by atomic mass is 16.5. The fourth-order valence-corrected chi connectivity index (χ4v) is 4.02. The molecule has 8 nitrogen and oxygen atoms in total. The molecule has 2 aromatic rings. The van der Waals surface area contributed by atoms with Crippen LogP contribution in [0.2, 0.25) is 0 Å². The van der Waals surface area contributed by atoms with Crippen LogP contribution >= 0.6 is 0 Å². The molecule has 2 aromatic heterocycles. The second kappa shape index (κ2) is 7.77. The van der Waals surface area contributed by atoms with Crippen molar-refractivity contribution in [3.8, 4) is 0 Å². The van der Waals surface area contributed by atoms with Crippen LogP contribution in [0.15, 0.2) is 10.6 Å². The van der Waals surface area contributed by atoms with Crippen molar-refractivity contribution >= 4 is 17.7 Å². The van der Waals surface area contributed by atoms with Gasteiger partial charge in [-0.25, -0.2) is 4.98 Å². The summed E-state index contributed by atoms with van der Waals surface area (Å²) >= 11 is 0. The van der Waals surface area contributed by atoms with E-state index in [1.165, 1.54) is 19.3 Å². The van der Waals surface area contributed by atoms with Crippen LogP contribution in [0.1, 0.15) is 46.8 Å². The Bertz CT molecular complexity index is 831. The fraction of sp³-hybridized carbons (Fsp3) is 0.600. The molecular weight excluding hydrogens is 356 g/mol. The average molecular weight is 384 g/mol. The molecule has 4 heterocycles. The van der Waals surface area contributed by atoms with E-state index in [1.807, 2.05) is 18.7 Å². The third-order valence-electron chi connectivity index (χ3n) is 5.61. The zero-order chi connectivity index (χ0) is 19.7. The Labute approximate surface area is 165 Å². The Balaban J connectivity index is 1.45. The molecule has 0 spiro atoms. The third kappa shape index (κ3) is 3.68. The molecule has 2 aliphatic heterocycles. The first-order valence-corrected chi connectivity index (χ1v) is 10.1. The topological polar surface area (TPSA) is 78.6 Å². The van der Waals surface area contributed by atoms with Crippen molar-refractivity contribution < 1.29 is 9.32 Å². The first-order chi connectivity index (χ1) is 13.5. The Hall–Kier alpha value is -2.64. The molecule has 150 valence electrons. The van der Waals surface area contributed by atoms with Gasteiger partial charge in [0.15, 0.2) is 0 Å². The predicted molar refractivity (Wildman–Crippen MR) is 107 cm³/mol. The molecule has 0 atom stereocenters. The van der Waals surface area contributed by atoms with Gasteiger partial charge in [0.05, 0.1) is 5.69 Å². The van der Waals surface area contributed by atoms with Crippen molar-refractivity contribution in [2.45, 2.75) is 40.0 Å². The maximum absolute atomic E-state index is 12.8. The van der Waals surface area contributed by atoms with Gasteiger partial charge in [0, 0.05) is 51.0 Å². The van der Waals surface area contributed by atoms with Crippen LogP contribution in [0.3, 0.4) is 0 Å². The SMILES string of the molecule is Cc1cc(N2CCCCC2)nc(N2CCN(C(=O)c3c(C)noc3C)CC2)n1. The number of piperazine rings is 1. The number of hydrogen-bond acceptors (Lipinski definition) is 7. The number of piperidine rings is 1. The quantitative estimate of drug-likeness (QED) is 0.804. The molecule has 4 rings (SSSR count). The van der Waals surface area contributed by atoms with E-state index in [0.717, 1.165) is 43.6 Å². The molecule has 28 heavy (non-hydrogen) atoms. The number of aromatic nitrogens is 3. The number of rotatable bonds is 3. The molecule has 0 radical (unpaired) electrons. The van der Waals surface area contributed by atoms with Crippen molar-refractivity contribution in [2.75, 3.05) is 49.1 Å². The number of aryl methyl sites for hydroxylation is 3. The number of carbonyl (C=O) groups excluding carboxylic acids is 1. The van der Waals surface area contributed by atoms with Crippen LogP contribution in [0.25, 0.3) is 0 Å². The minimum Gasteiger partial charge on any atom is -0.361 e. The first kappa shape index (κ1) is 18.7. The van der Waals surface area contributed by atoms with E-state index < -0.39 is 0 Å². The maximum atomic E-state index is 12.8. The molecule has 2 aliphatic rings. The lowest BCUT2D eigenvalue weighted by Gasteiger charge is -2.35. The highest BCUT2D eigenvalue weighted by Gasteiger charge is 2.28. The number of nitrogens with zero attached hydrogens (tertiary/aromatic N) is 6. The van der Waals surface area contributed by atoms with Crippen molar-refractivity contribution in [3.05, 3.63) is 28.8 Å². The zero-order valence-electron chi connectivity index (χ0n) is 16.9. The number of hydrogen-bond donors (Lipinski definition) is 0. The summed E-state index contributed by atoms with van der Waals surface area (Å²) in [7, 11) is 0. The molecule has 2 saturated heterocycles. The van der Waals surface area contributed by atoms with E-state index in [-0.39, 0.29) is 5.91 Å². The van der Waals surface area contributed by atoms with Gasteiger partial charge in [0.2, 0.25) is 5.95 Å². The monoisotopic (exact) mass is 384 g/mol. The predicted octanol–water partition coefficient (Wildman–Crippen LogP) is 2.34. The van der Waals surface area contributed by atoms with Gasteiger partial charge in [-0.05, 0) is 40.0 Å². The van der Waals surface area contributed by atoms with Gasteiger partial charge in [0.1, 0.15) is 17.1 Å². The lowest BCUT2D eigenvalue weighted by atomic mass is 10.1. The molecule has 0 saturated carbocycles. The van der Waals surface area contributed by atoms with Crippen molar-refractivity contribution in [2.24, 2.45) is 0 Å². The van der Waals surface area contributed by atoms with Crippen LogP contribution in [-0.2, 0) is 0 Å². The van der Waals surface area contributed by atoms with Gasteiger partial charge >= 0.3 is 0 Å². The number of amides is 1. The highest BCUT2D eigenvalue weighted by molar-refractivity contribution is 5.96. The standard InChI is InChI=1S/C20H28N6O2/c1-14-13-17(24-7-5-4-6-8-24)22-20(21-14)26-11-9-25(10-12-26)19(27)18-15(2)23-28-16(18)3/h13H,4-12H2,1-3H3. The van der Waals surface area contributed by atoms with Crippen LogP contribution in [0, 0.1) is 20.8 Å². The van der Waals surface area contributed by atoms with Gasteiger partial charge in [0.25, 0.3) is 5.91 Å². The zero-order valence-corrected chi connectivity index (χ0v) is 16.9. The maximum Gasteiger partial charge on any atom is 0.259 e. The summed E-state index contributed by atoms with van der Waals surface area (Å²) in [5.41, 5.74) is 2.23. The molecule has 8 heteroatoms. The van der Waals surface area contributed by atoms with Gasteiger partial charge in [-0.1, -0.05) is 5.16 Å². The van der Waals surface area contributed by atoms with Crippen molar-refractivity contribution in [3.63, 3.8) is 0 Å². The minimum absolute atomic E-state index is 0.00457. The summed E-state index contributed by atoms with van der Waals surface area (Å²) in [5, 5.41) is 3.90. The van der Waals surface area contributed by atoms with Gasteiger partial charge in [-0.3, -0.25) is 4.79 Å². The third-order valence-corrected chi connectivity index (χ3v) is 5.61. The second-order valence-electron chi connectivity index (χ2n) is 7.69. The highest BCUT2D eigenvalue weighted by Crippen LogP contribution is 2.23. The van der Waals surface area contributed by atoms with Gasteiger partial charge in [-0.15, -0.1) is 0 Å². The average Bonchev–Trinajstić information content (AvgIpc) is 3.06. The van der Waals surface area contributed by atoms with Crippen LogP contribution in [0.4, 0.5) is 11.8 Å². The van der Waals surface area contributed by atoms with Gasteiger partial charge < -0.3 is 19.2 Å². The number of carbonyl (C=O) groups is 1. The Morgan fingerprint density at radius 1 is 0.929 bits per heavy atom. The van der Waals surface area contributed by atoms with E-state index in [9.17, 15) is 4.79 Å². The molecule has 0 bridgehead atoms. The summed E-state index contributed by atoms with van der Waals surface area (Å²) in [5.74, 6) is 2.37. The van der Waals surface area contributed by atoms with Crippen LogP contribution in [-0.4, -0.2) is 65.2 Å². The van der Waals surface area contributed by atoms with Crippen LogP contribution < -0.4 is 9.80 Å². The minimum atomic E-state index is -0.00457. The lowest BCUT2D eigenvalue weighted by molar-refractivity contribution is 0.0744. The Morgan fingerprint density at radius 3 is 2.29 bits per heavy atom. The Kier molecular flexibility index (Phi) is 5.19. The molecule has 1 amide bonds. The molecule has 2 fully saturated rings. The summed E-state index contributed by atoms with van der Waals surface area (Å²) in [6, 6.07) is 2.08. The lowest BCUT2D eigenvalue weighted by Crippen LogP contribution is -2.49. The fourth-order valence-electron chi connectivity index (χ4n) is 4.02. The normalized spacial score (nSPS) is 17.9. The molecule has 0 aliphatic carbocycles. The largest absolute Gasteiger partial charge is 0.361 e. The number of anilines is 2. The van der Waals surface area contributed by atoms with Crippen molar-refractivity contribution in [1.82, 2.24) is 20.0 Å². The Morgan fingerprint density at radius 2 is 1.64 bits per heavy atom.